The van der Waals surface area contributed by atoms with Crippen molar-refractivity contribution in [2.24, 2.45) is 0 Å². The molecule has 10 nitrogen and oxygen atoms in total. The molecule has 1 aliphatic heterocycles. The number of nitro benzene ring substituents is 1. The zero-order chi connectivity index (χ0) is 22.4. The van der Waals surface area contributed by atoms with Crippen LogP contribution in [-0.4, -0.2) is 56.4 Å². The molecule has 0 aromatic heterocycles. The van der Waals surface area contributed by atoms with E-state index < -0.39 is 14.9 Å². The van der Waals surface area contributed by atoms with Gasteiger partial charge in [-0.25, -0.2) is 8.42 Å². The molecular weight excluding hydrogens is 424 g/mol. The lowest BCUT2D eigenvalue weighted by Gasteiger charge is -2.26. The molecule has 0 radical (unpaired) electrons. The van der Waals surface area contributed by atoms with Crippen LogP contribution in [0.2, 0.25) is 0 Å². The van der Waals surface area contributed by atoms with Crippen LogP contribution in [0.25, 0.3) is 0 Å². The van der Waals surface area contributed by atoms with Gasteiger partial charge in [0.1, 0.15) is 5.69 Å². The van der Waals surface area contributed by atoms with Crippen LogP contribution in [-0.2, 0) is 19.6 Å². The highest BCUT2D eigenvalue weighted by Crippen LogP contribution is 2.25. The summed E-state index contributed by atoms with van der Waals surface area (Å²) in [6.45, 7) is 3.16. The van der Waals surface area contributed by atoms with Gasteiger partial charge < -0.3 is 15.4 Å². The fraction of sp³-hybridized carbons (Fsp3) is 0.350. The Morgan fingerprint density at radius 3 is 2.61 bits per heavy atom. The molecule has 11 heteroatoms. The highest BCUT2D eigenvalue weighted by molar-refractivity contribution is 7.89. The van der Waals surface area contributed by atoms with Gasteiger partial charge >= 0.3 is 0 Å². The number of nitro groups is 1. The highest BCUT2D eigenvalue weighted by atomic mass is 32.2. The Morgan fingerprint density at radius 1 is 1.19 bits per heavy atom. The largest absolute Gasteiger partial charge is 0.379 e. The van der Waals surface area contributed by atoms with Crippen LogP contribution < -0.4 is 10.6 Å². The van der Waals surface area contributed by atoms with E-state index >= 15 is 0 Å². The summed E-state index contributed by atoms with van der Waals surface area (Å²) in [6, 6.07) is 10.9. The molecule has 2 aromatic rings. The Morgan fingerprint density at radius 2 is 1.90 bits per heavy atom. The third kappa shape index (κ3) is 5.57. The van der Waals surface area contributed by atoms with Crippen LogP contribution in [0.3, 0.4) is 0 Å². The van der Waals surface area contributed by atoms with E-state index in [1.165, 1.54) is 16.4 Å². The number of hydrogen-bond acceptors (Lipinski definition) is 7. The first-order valence-electron chi connectivity index (χ1n) is 9.75. The standard InChI is InChI=1S/C20H24N4O6S/c1-15-6-7-16(14-19(15)31(28,29)23-10-12-30-13-11-23)22-20(25)8-9-21-17-4-2-3-5-18(17)24(26)27/h2-7,14,21H,8-13H2,1H3,(H,22,25). The summed E-state index contributed by atoms with van der Waals surface area (Å²) in [7, 11) is -3.69. The number of sulfonamides is 1. The van der Waals surface area contributed by atoms with E-state index in [9.17, 15) is 23.3 Å². The summed E-state index contributed by atoms with van der Waals surface area (Å²) >= 11 is 0. The monoisotopic (exact) mass is 448 g/mol. The van der Waals surface area contributed by atoms with Crippen LogP contribution in [0.15, 0.2) is 47.4 Å². The van der Waals surface area contributed by atoms with Crippen LogP contribution in [0.4, 0.5) is 17.1 Å². The molecule has 0 spiro atoms. The highest BCUT2D eigenvalue weighted by Gasteiger charge is 2.28. The average molecular weight is 449 g/mol. The number of anilines is 2. The first-order chi connectivity index (χ1) is 14.8. The third-order valence-electron chi connectivity index (χ3n) is 4.83. The second-order valence-corrected chi connectivity index (χ2v) is 8.90. The molecule has 1 aliphatic rings. The van der Waals surface area contributed by atoms with Gasteiger partial charge in [0, 0.05) is 37.8 Å². The number of aryl methyl sites for hydroxylation is 1. The fourth-order valence-electron chi connectivity index (χ4n) is 3.20. The van der Waals surface area contributed by atoms with Gasteiger partial charge in [0.2, 0.25) is 15.9 Å². The van der Waals surface area contributed by atoms with Crippen molar-refractivity contribution in [2.45, 2.75) is 18.2 Å². The fourth-order valence-corrected chi connectivity index (χ4v) is 4.86. The molecule has 1 heterocycles. The smallest absolute Gasteiger partial charge is 0.292 e. The van der Waals surface area contributed by atoms with Gasteiger partial charge in [0.05, 0.1) is 23.0 Å². The van der Waals surface area contributed by atoms with Crippen LogP contribution in [0, 0.1) is 17.0 Å². The van der Waals surface area contributed by atoms with Crippen LogP contribution in [0.1, 0.15) is 12.0 Å². The van der Waals surface area contributed by atoms with Crippen molar-refractivity contribution in [1.29, 1.82) is 0 Å². The number of benzene rings is 2. The van der Waals surface area contributed by atoms with Crippen molar-refractivity contribution in [3.05, 3.63) is 58.1 Å². The summed E-state index contributed by atoms with van der Waals surface area (Å²) < 4.78 is 32.5. The molecule has 0 aliphatic carbocycles. The zero-order valence-electron chi connectivity index (χ0n) is 17.0. The Bertz CT molecular complexity index is 1070. The van der Waals surface area contributed by atoms with Crippen molar-refractivity contribution in [2.75, 3.05) is 43.5 Å². The molecule has 0 saturated carbocycles. The van der Waals surface area contributed by atoms with E-state index in [2.05, 4.69) is 10.6 Å². The van der Waals surface area contributed by atoms with Gasteiger partial charge in [-0.05, 0) is 30.7 Å². The second kappa shape index (κ2) is 9.86. The number of morpholine rings is 1. The molecule has 31 heavy (non-hydrogen) atoms. The number of rotatable bonds is 8. The maximum atomic E-state index is 13.0. The summed E-state index contributed by atoms with van der Waals surface area (Å²) in [5.74, 6) is -0.343. The molecule has 2 N–H and O–H groups in total. The Kier molecular flexibility index (Phi) is 7.21. The number of nitrogens with one attached hydrogen (secondary N) is 2. The normalized spacial score (nSPS) is 14.7. The summed E-state index contributed by atoms with van der Waals surface area (Å²) in [5.41, 5.74) is 1.21. The van der Waals surface area contributed by atoms with Crippen molar-refractivity contribution < 1.29 is 22.9 Å². The molecule has 0 atom stereocenters. The van der Waals surface area contributed by atoms with Gasteiger partial charge in [0.15, 0.2) is 0 Å². The van der Waals surface area contributed by atoms with E-state index in [4.69, 9.17) is 4.74 Å². The van der Waals surface area contributed by atoms with E-state index in [1.54, 1.807) is 37.3 Å². The molecule has 2 aromatic carbocycles. The van der Waals surface area contributed by atoms with E-state index in [0.717, 1.165) is 0 Å². The Hall–Kier alpha value is -3.02. The topological polar surface area (TPSA) is 131 Å². The Balaban J connectivity index is 1.63. The van der Waals surface area contributed by atoms with Crippen LogP contribution in [0.5, 0.6) is 0 Å². The molecule has 166 valence electrons. The number of para-hydroxylation sites is 2. The first kappa shape index (κ1) is 22.7. The molecule has 1 saturated heterocycles. The minimum absolute atomic E-state index is 0.0471. The first-order valence-corrected chi connectivity index (χ1v) is 11.2. The van der Waals surface area contributed by atoms with Gasteiger partial charge in [0.25, 0.3) is 5.69 Å². The van der Waals surface area contributed by atoms with E-state index in [0.29, 0.717) is 30.2 Å². The lowest BCUT2D eigenvalue weighted by Crippen LogP contribution is -2.40. The predicted octanol–water partition coefficient (Wildman–Crippen LogP) is 2.36. The lowest BCUT2D eigenvalue weighted by atomic mass is 10.2. The zero-order valence-corrected chi connectivity index (χ0v) is 17.9. The molecule has 0 unspecified atom stereocenters. The number of amides is 1. The maximum Gasteiger partial charge on any atom is 0.292 e. The predicted molar refractivity (Wildman–Crippen MR) is 116 cm³/mol. The molecule has 1 fully saturated rings. The lowest BCUT2D eigenvalue weighted by molar-refractivity contribution is -0.384. The number of nitrogens with zero attached hydrogens (tertiary/aromatic N) is 2. The van der Waals surface area contributed by atoms with Gasteiger partial charge in [-0.2, -0.15) is 4.31 Å². The van der Waals surface area contributed by atoms with Gasteiger partial charge in [-0.3, -0.25) is 14.9 Å². The number of hydrogen-bond donors (Lipinski definition) is 2. The summed E-state index contributed by atoms with van der Waals surface area (Å²) in [6.07, 6.45) is 0.0471. The molecule has 3 rings (SSSR count). The summed E-state index contributed by atoms with van der Waals surface area (Å²) in [4.78, 5) is 23.0. The number of carbonyl (C=O) groups excluding carboxylic acids is 1. The minimum atomic E-state index is -3.69. The van der Waals surface area contributed by atoms with E-state index in [1.807, 2.05) is 0 Å². The number of carbonyl (C=O) groups is 1. The van der Waals surface area contributed by atoms with Gasteiger partial charge in [-0.1, -0.05) is 18.2 Å². The summed E-state index contributed by atoms with van der Waals surface area (Å²) in [5, 5.41) is 16.6. The van der Waals surface area contributed by atoms with Crippen LogP contribution >= 0.6 is 0 Å². The Labute approximate surface area is 180 Å². The maximum absolute atomic E-state index is 13.0. The molecular formula is C20H24N4O6S. The third-order valence-corrected chi connectivity index (χ3v) is 6.87. The van der Waals surface area contributed by atoms with E-state index in [-0.39, 0.29) is 42.5 Å². The second-order valence-electron chi connectivity index (χ2n) is 7.00. The quantitative estimate of drug-likeness (QED) is 0.468. The number of ether oxygens (including phenoxy) is 1. The average Bonchev–Trinajstić information content (AvgIpc) is 2.76. The minimum Gasteiger partial charge on any atom is -0.379 e. The van der Waals surface area contributed by atoms with Crippen molar-refractivity contribution in [1.82, 2.24) is 4.31 Å². The molecule has 1 amide bonds. The van der Waals surface area contributed by atoms with Gasteiger partial charge in [-0.15, -0.1) is 0 Å². The van der Waals surface area contributed by atoms with Crippen molar-refractivity contribution >= 4 is 33.0 Å². The van der Waals surface area contributed by atoms with Crippen molar-refractivity contribution in [3.8, 4) is 0 Å². The van der Waals surface area contributed by atoms with Crippen molar-refractivity contribution in [3.63, 3.8) is 0 Å². The SMILES string of the molecule is Cc1ccc(NC(=O)CCNc2ccccc2[N+](=O)[O-])cc1S(=O)(=O)N1CCOCC1. The molecule has 0 bridgehead atoms.